The number of morpholine rings is 1. The lowest BCUT2D eigenvalue weighted by molar-refractivity contribution is -0.147. The number of likely N-dealkylation sites (tertiary alicyclic amines) is 1. The third-order valence-corrected chi connectivity index (χ3v) is 5.19. The van der Waals surface area contributed by atoms with Gasteiger partial charge in [-0.2, -0.15) is 0 Å². The summed E-state index contributed by atoms with van der Waals surface area (Å²) in [5.41, 5.74) is -0.0436. The predicted octanol–water partition coefficient (Wildman–Crippen LogP) is 1.27. The number of carbonyl (C=O) groups is 1. The Bertz CT molecular complexity index is 380. The maximum Gasteiger partial charge on any atom is 0.307 e. The monoisotopic (exact) mass is 296 g/mol. The lowest BCUT2D eigenvalue weighted by Crippen LogP contribution is -2.56. The van der Waals surface area contributed by atoms with Crippen molar-refractivity contribution in [1.29, 1.82) is 0 Å². The molecule has 5 nitrogen and oxygen atoms in total. The van der Waals surface area contributed by atoms with Gasteiger partial charge >= 0.3 is 5.97 Å². The van der Waals surface area contributed by atoms with E-state index in [-0.39, 0.29) is 11.5 Å². The van der Waals surface area contributed by atoms with Crippen LogP contribution in [0.3, 0.4) is 0 Å². The van der Waals surface area contributed by atoms with Gasteiger partial charge in [0.25, 0.3) is 0 Å². The molecule has 2 atom stereocenters. The summed E-state index contributed by atoms with van der Waals surface area (Å²) < 4.78 is 10.7. The fourth-order valence-electron chi connectivity index (χ4n) is 4.11. The molecule has 0 aromatic heterocycles. The van der Waals surface area contributed by atoms with Gasteiger partial charge < -0.3 is 9.47 Å². The van der Waals surface area contributed by atoms with E-state index >= 15 is 0 Å². The van der Waals surface area contributed by atoms with Crippen LogP contribution >= 0.6 is 0 Å². The molecule has 0 amide bonds. The minimum atomic E-state index is -0.0474. The molecule has 0 radical (unpaired) electrons. The molecule has 0 spiro atoms. The molecule has 0 aromatic rings. The molecule has 0 aromatic carbocycles. The molecule has 2 unspecified atom stereocenters. The van der Waals surface area contributed by atoms with Crippen LogP contribution in [0.4, 0.5) is 0 Å². The van der Waals surface area contributed by atoms with Crippen LogP contribution < -0.4 is 0 Å². The van der Waals surface area contributed by atoms with Crippen LogP contribution in [0, 0.1) is 0 Å². The van der Waals surface area contributed by atoms with Gasteiger partial charge in [0, 0.05) is 37.3 Å². The molecule has 3 aliphatic rings. The van der Waals surface area contributed by atoms with Crippen molar-refractivity contribution in [2.24, 2.45) is 0 Å². The maximum absolute atomic E-state index is 12.1. The summed E-state index contributed by atoms with van der Waals surface area (Å²) in [4.78, 5) is 17.3. The van der Waals surface area contributed by atoms with Gasteiger partial charge in [-0.05, 0) is 33.1 Å². The molecule has 1 saturated carbocycles. The Balaban J connectivity index is 1.75. The zero-order chi connectivity index (χ0) is 14.9. The Morgan fingerprint density at radius 3 is 2.67 bits per heavy atom. The Labute approximate surface area is 127 Å². The van der Waals surface area contributed by atoms with Gasteiger partial charge in [-0.25, -0.2) is 0 Å². The molecule has 3 rings (SSSR count). The highest BCUT2D eigenvalue weighted by Crippen LogP contribution is 2.41. The van der Waals surface area contributed by atoms with E-state index in [0.717, 1.165) is 45.3 Å². The molecule has 1 aliphatic carbocycles. The molecule has 2 aliphatic heterocycles. The summed E-state index contributed by atoms with van der Waals surface area (Å²) >= 11 is 0. The zero-order valence-corrected chi connectivity index (χ0v) is 13.3. The summed E-state index contributed by atoms with van der Waals surface area (Å²) in [6.07, 6.45) is 4.24. The highest BCUT2D eigenvalue weighted by Gasteiger charge is 2.51. The zero-order valence-electron chi connectivity index (χ0n) is 13.3. The summed E-state index contributed by atoms with van der Waals surface area (Å²) in [5, 5.41) is 0. The standard InChI is InChI=1S/C16H28N2O3/c1-3-21-15(19)11-16(17-6-8-20-9-7-17)10-13(2)18(12-16)14-4-5-14/h13-14H,3-12H2,1-2H3. The van der Waals surface area contributed by atoms with E-state index in [1.807, 2.05) is 6.92 Å². The van der Waals surface area contributed by atoms with Crippen molar-refractivity contribution in [2.75, 3.05) is 39.5 Å². The van der Waals surface area contributed by atoms with Crippen molar-refractivity contribution in [3.05, 3.63) is 0 Å². The van der Waals surface area contributed by atoms with Crippen molar-refractivity contribution in [2.45, 2.75) is 57.2 Å². The van der Waals surface area contributed by atoms with Gasteiger partial charge in [-0.1, -0.05) is 0 Å². The Morgan fingerprint density at radius 2 is 2.05 bits per heavy atom. The van der Waals surface area contributed by atoms with Crippen molar-refractivity contribution in [3.8, 4) is 0 Å². The highest BCUT2D eigenvalue weighted by molar-refractivity contribution is 5.71. The number of hydrogen-bond donors (Lipinski definition) is 0. The van der Waals surface area contributed by atoms with Gasteiger partial charge in [0.15, 0.2) is 0 Å². The number of carbonyl (C=O) groups excluding carboxylic acids is 1. The second-order valence-corrected chi connectivity index (χ2v) is 6.76. The Morgan fingerprint density at radius 1 is 1.33 bits per heavy atom. The highest BCUT2D eigenvalue weighted by atomic mass is 16.5. The number of hydrogen-bond acceptors (Lipinski definition) is 5. The number of rotatable bonds is 5. The summed E-state index contributed by atoms with van der Waals surface area (Å²) in [5.74, 6) is -0.0474. The first kappa shape index (κ1) is 15.3. The summed E-state index contributed by atoms with van der Waals surface area (Å²) in [7, 11) is 0. The molecule has 2 saturated heterocycles. The molecule has 0 N–H and O–H groups in total. The van der Waals surface area contributed by atoms with Crippen LogP contribution in [0.5, 0.6) is 0 Å². The van der Waals surface area contributed by atoms with Crippen molar-refractivity contribution < 1.29 is 14.3 Å². The molecule has 3 fully saturated rings. The predicted molar refractivity (Wildman–Crippen MR) is 80.2 cm³/mol. The van der Waals surface area contributed by atoms with E-state index in [2.05, 4.69) is 16.7 Å². The Kier molecular flexibility index (Phi) is 4.52. The second-order valence-electron chi connectivity index (χ2n) is 6.76. The largest absolute Gasteiger partial charge is 0.466 e. The lowest BCUT2D eigenvalue weighted by Gasteiger charge is -2.42. The van der Waals surface area contributed by atoms with Crippen LogP contribution in [-0.4, -0.2) is 72.8 Å². The first-order chi connectivity index (χ1) is 10.1. The normalized spacial score (nSPS) is 35.0. The van der Waals surface area contributed by atoms with Gasteiger partial charge in [0.1, 0.15) is 0 Å². The van der Waals surface area contributed by atoms with Gasteiger partial charge in [-0.3, -0.25) is 14.6 Å². The van der Waals surface area contributed by atoms with E-state index in [4.69, 9.17) is 9.47 Å². The van der Waals surface area contributed by atoms with Gasteiger partial charge in [-0.15, -0.1) is 0 Å². The molecular formula is C16H28N2O3. The number of nitrogens with zero attached hydrogens (tertiary/aromatic N) is 2. The topological polar surface area (TPSA) is 42.0 Å². The third-order valence-electron chi connectivity index (χ3n) is 5.19. The smallest absolute Gasteiger partial charge is 0.307 e. The van der Waals surface area contributed by atoms with Crippen molar-refractivity contribution in [1.82, 2.24) is 9.80 Å². The van der Waals surface area contributed by atoms with Crippen LogP contribution in [0.25, 0.3) is 0 Å². The van der Waals surface area contributed by atoms with Crippen LogP contribution in [0.1, 0.15) is 39.5 Å². The summed E-state index contributed by atoms with van der Waals surface area (Å²) in [6.45, 7) is 9.11. The summed E-state index contributed by atoms with van der Waals surface area (Å²) in [6, 6.07) is 1.32. The van der Waals surface area contributed by atoms with E-state index in [9.17, 15) is 4.79 Å². The first-order valence-corrected chi connectivity index (χ1v) is 8.39. The molecule has 120 valence electrons. The Hall–Kier alpha value is -0.650. The SMILES string of the molecule is CCOC(=O)CC1(N2CCOCC2)CC(C)N(C2CC2)C1. The average Bonchev–Trinajstić information content (AvgIpc) is 3.25. The molecule has 21 heavy (non-hydrogen) atoms. The first-order valence-electron chi connectivity index (χ1n) is 8.39. The van der Waals surface area contributed by atoms with E-state index in [0.29, 0.717) is 19.1 Å². The minimum absolute atomic E-state index is 0.0436. The molecule has 5 heteroatoms. The lowest BCUT2D eigenvalue weighted by atomic mass is 9.89. The molecule has 2 heterocycles. The second kappa shape index (κ2) is 6.23. The number of ether oxygens (including phenoxy) is 2. The quantitative estimate of drug-likeness (QED) is 0.715. The van der Waals surface area contributed by atoms with Gasteiger partial charge in [0.05, 0.1) is 26.2 Å². The van der Waals surface area contributed by atoms with Crippen LogP contribution in [0.2, 0.25) is 0 Å². The number of esters is 1. The molecule has 0 bridgehead atoms. The minimum Gasteiger partial charge on any atom is -0.466 e. The average molecular weight is 296 g/mol. The molecular weight excluding hydrogens is 268 g/mol. The van der Waals surface area contributed by atoms with E-state index in [1.165, 1.54) is 12.8 Å². The van der Waals surface area contributed by atoms with E-state index in [1.54, 1.807) is 0 Å². The fraction of sp³-hybridized carbons (Fsp3) is 0.938. The van der Waals surface area contributed by atoms with Crippen molar-refractivity contribution >= 4 is 5.97 Å². The van der Waals surface area contributed by atoms with Crippen LogP contribution in [0.15, 0.2) is 0 Å². The van der Waals surface area contributed by atoms with Crippen molar-refractivity contribution in [3.63, 3.8) is 0 Å². The van der Waals surface area contributed by atoms with Gasteiger partial charge in [0.2, 0.25) is 0 Å². The maximum atomic E-state index is 12.1. The van der Waals surface area contributed by atoms with E-state index < -0.39 is 0 Å². The third kappa shape index (κ3) is 3.25. The van der Waals surface area contributed by atoms with Crippen LogP contribution in [-0.2, 0) is 14.3 Å². The fourth-order valence-corrected chi connectivity index (χ4v) is 4.11.